The summed E-state index contributed by atoms with van der Waals surface area (Å²) in [7, 11) is 3.47. The molecule has 1 amide bonds. The maximum absolute atomic E-state index is 12.8. The molecule has 25 heavy (non-hydrogen) atoms. The number of carbonyl (C=O) groups is 1. The van der Waals surface area contributed by atoms with Gasteiger partial charge in [0.15, 0.2) is 0 Å². The Morgan fingerprint density at radius 1 is 1.24 bits per heavy atom. The Labute approximate surface area is 152 Å². The molecule has 0 aromatic heterocycles. The van der Waals surface area contributed by atoms with Crippen molar-refractivity contribution in [2.24, 2.45) is 0 Å². The maximum Gasteiger partial charge on any atom is 0.234 e. The lowest BCUT2D eigenvalue weighted by molar-refractivity contribution is -0.122. The molecule has 0 fully saturated rings. The highest BCUT2D eigenvalue weighted by Crippen LogP contribution is 2.23. The molecule has 0 saturated carbocycles. The highest BCUT2D eigenvalue weighted by Gasteiger charge is 2.10. The molecule has 4 nitrogen and oxygen atoms in total. The Balaban J connectivity index is 1.78. The number of nitrogens with one attached hydrogen (secondary N) is 1. The Hall–Kier alpha value is -2.11. The number of benzene rings is 2. The topological polar surface area (TPSA) is 41.6 Å². The van der Waals surface area contributed by atoms with E-state index in [9.17, 15) is 9.18 Å². The van der Waals surface area contributed by atoms with Gasteiger partial charge >= 0.3 is 0 Å². The van der Waals surface area contributed by atoms with Crippen LogP contribution in [-0.2, 0) is 17.8 Å². The monoisotopic (exact) mass is 364 g/mol. The lowest BCUT2D eigenvalue weighted by Crippen LogP contribution is -2.35. The summed E-state index contributed by atoms with van der Waals surface area (Å²) >= 11 is 6.02. The van der Waals surface area contributed by atoms with E-state index in [1.54, 1.807) is 25.3 Å². The summed E-state index contributed by atoms with van der Waals surface area (Å²) in [6.45, 7) is 1.33. The average molecular weight is 365 g/mol. The van der Waals surface area contributed by atoms with E-state index < -0.39 is 0 Å². The van der Waals surface area contributed by atoms with Crippen molar-refractivity contribution in [2.45, 2.75) is 13.0 Å². The van der Waals surface area contributed by atoms with Crippen molar-refractivity contribution in [2.75, 3.05) is 27.2 Å². The SMILES string of the molecule is COc1ccc(Cl)cc1CN(C)CC(=O)NCCc1ccc(F)cc1. The predicted molar refractivity (Wildman–Crippen MR) is 97.5 cm³/mol. The first kappa shape index (κ1) is 19.2. The van der Waals surface area contributed by atoms with Crippen LogP contribution < -0.4 is 10.1 Å². The van der Waals surface area contributed by atoms with Gasteiger partial charge in [0.2, 0.25) is 5.91 Å². The van der Waals surface area contributed by atoms with Crippen LogP contribution in [-0.4, -0.2) is 38.1 Å². The summed E-state index contributed by atoms with van der Waals surface area (Å²) in [5, 5.41) is 3.50. The van der Waals surface area contributed by atoms with Crippen molar-refractivity contribution in [1.82, 2.24) is 10.2 Å². The standard InChI is InChI=1S/C19H22ClFN2O2/c1-23(12-15-11-16(20)5-8-18(15)25-2)13-19(24)22-10-9-14-3-6-17(21)7-4-14/h3-8,11H,9-10,12-13H2,1-2H3,(H,22,24). The van der Waals surface area contributed by atoms with Gasteiger partial charge in [0, 0.05) is 23.7 Å². The third-order valence-corrected chi connectivity index (χ3v) is 3.98. The fraction of sp³-hybridized carbons (Fsp3) is 0.316. The van der Waals surface area contributed by atoms with Gasteiger partial charge in [-0.1, -0.05) is 23.7 Å². The summed E-state index contributed by atoms with van der Waals surface area (Å²) in [5.41, 5.74) is 1.91. The summed E-state index contributed by atoms with van der Waals surface area (Å²) < 4.78 is 18.2. The van der Waals surface area contributed by atoms with Crippen molar-refractivity contribution < 1.29 is 13.9 Å². The van der Waals surface area contributed by atoms with Crippen molar-refractivity contribution >= 4 is 17.5 Å². The number of hydrogen-bond donors (Lipinski definition) is 1. The smallest absolute Gasteiger partial charge is 0.234 e. The van der Waals surface area contributed by atoms with E-state index in [0.717, 1.165) is 16.9 Å². The predicted octanol–water partition coefficient (Wildman–Crippen LogP) is 3.28. The number of hydrogen-bond acceptors (Lipinski definition) is 3. The summed E-state index contributed by atoms with van der Waals surface area (Å²) in [6.07, 6.45) is 0.665. The van der Waals surface area contributed by atoms with E-state index in [2.05, 4.69) is 5.32 Å². The van der Waals surface area contributed by atoms with Gasteiger partial charge in [-0.05, 0) is 49.4 Å². The van der Waals surface area contributed by atoms with Crippen LogP contribution >= 0.6 is 11.6 Å². The molecule has 1 N–H and O–H groups in total. The Morgan fingerprint density at radius 2 is 1.96 bits per heavy atom. The quantitative estimate of drug-likeness (QED) is 0.781. The maximum atomic E-state index is 12.8. The minimum atomic E-state index is -0.258. The molecule has 0 radical (unpaired) electrons. The van der Waals surface area contributed by atoms with Gasteiger partial charge in [-0.3, -0.25) is 9.69 Å². The van der Waals surface area contributed by atoms with Crippen LogP contribution in [0.15, 0.2) is 42.5 Å². The van der Waals surface area contributed by atoms with Gasteiger partial charge in [-0.15, -0.1) is 0 Å². The van der Waals surface area contributed by atoms with E-state index in [0.29, 0.717) is 24.5 Å². The molecule has 2 rings (SSSR count). The van der Waals surface area contributed by atoms with Gasteiger partial charge in [0.05, 0.1) is 13.7 Å². The zero-order valence-corrected chi connectivity index (χ0v) is 15.1. The molecule has 134 valence electrons. The molecule has 0 aliphatic rings. The van der Waals surface area contributed by atoms with Crippen LogP contribution in [0, 0.1) is 5.82 Å². The van der Waals surface area contributed by atoms with Gasteiger partial charge in [-0.25, -0.2) is 4.39 Å². The first-order valence-corrected chi connectivity index (χ1v) is 8.38. The zero-order valence-electron chi connectivity index (χ0n) is 14.4. The minimum absolute atomic E-state index is 0.0643. The summed E-state index contributed by atoms with van der Waals surface area (Å²) in [5.74, 6) is 0.421. The number of halogens is 2. The van der Waals surface area contributed by atoms with E-state index >= 15 is 0 Å². The van der Waals surface area contributed by atoms with Crippen molar-refractivity contribution in [3.8, 4) is 5.75 Å². The number of carbonyl (C=O) groups excluding carboxylic acids is 1. The first-order chi connectivity index (χ1) is 12.0. The molecule has 2 aromatic carbocycles. The third-order valence-electron chi connectivity index (χ3n) is 3.75. The average Bonchev–Trinajstić information content (AvgIpc) is 2.57. The molecule has 6 heteroatoms. The fourth-order valence-electron chi connectivity index (χ4n) is 2.52. The molecule has 0 aliphatic heterocycles. The molecule has 0 saturated heterocycles. The number of methoxy groups -OCH3 is 1. The second kappa shape index (κ2) is 9.39. The van der Waals surface area contributed by atoms with Crippen LogP contribution in [0.5, 0.6) is 5.75 Å². The van der Waals surface area contributed by atoms with E-state index in [4.69, 9.17) is 16.3 Å². The number of nitrogens with zero attached hydrogens (tertiary/aromatic N) is 1. The van der Waals surface area contributed by atoms with Gasteiger partial charge < -0.3 is 10.1 Å². The normalized spacial score (nSPS) is 10.8. The second-order valence-electron chi connectivity index (χ2n) is 5.85. The molecule has 0 spiro atoms. The molecular formula is C19H22ClFN2O2. The van der Waals surface area contributed by atoms with Crippen molar-refractivity contribution in [1.29, 1.82) is 0 Å². The molecule has 0 bridgehead atoms. The number of amides is 1. The fourth-order valence-corrected chi connectivity index (χ4v) is 2.71. The Kier molecular flexibility index (Phi) is 7.22. The van der Waals surface area contributed by atoms with Crippen LogP contribution in [0.25, 0.3) is 0 Å². The van der Waals surface area contributed by atoms with Crippen molar-refractivity contribution in [3.63, 3.8) is 0 Å². The number of ether oxygens (including phenoxy) is 1. The molecule has 0 aliphatic carbocycles. The molecule has 0 atom stereocenters. The highest BCUT2D eigenvalue weighted by molar-refractivity contribution is 6.30. The van der Waals surface area contributed by atoms with E-state index in [-0.39, 0.29) is 18.3 Å². The van der Waals surface area contributed by atoms with E-state index in [1.807, 2.05) is 24.1 Å². The van der Waals surface area contributed by atoms with E-state index in [1.165, 1.54) is 12.1 Å². The lowest BCUT2D eigenvalue weighted by atomic mass is 10.1. The van der Waals surface area contributed by atoms with Crippen LogP contribution in [0.4, 0.5) is 4.39 Å². The lowest BCUT2D eigenvalue weighted by Gasteiger charge is -2.18. The van der Waals surface area contributed by atoms with Gasteiger partial charge in [-0.2, -0.15) is 0 Å². The number of rotatable bonds is 8. The zero-order chi connectivity index (χ0) is 18.2. The van der Waals surface area contributed by atoms with Crippen LogP contribution in [0.3, 0.4) is 0 Å². The Morgan fingerprint density at radius 3 is 2.64 bits per heavy atom. The molecule has 0 unspecified atom stereocenters. The molecule has 2 aromatic rings. The third kappa shape index (κ3) is 6.36. The minimum Gasteiger partial charge on any atom is -0.496 e. The molecular weight excluding hydrogens is 343 g/mol. The van der Waals surface area contributed by atoms with Crippen LogP contribution in [0.1, 0.15) is 11.1 Å². The van der Waals surface area contributed by atoms with Crippen molar-refractivity contribution in [3.05, 3.63) is 64.4 Å². The summed E-state index contributed by atoms with van der Waals surface area (Å²) in [4.78, 5) is 13.9. The first-order valence-electron chi connectivity index (χ1n) is 8.00. The number of likely N-dealkylation sites (N-methyl/N-ethyl adjacent to an activating group) is 1. The van der Waals surface area contributed by atoms with Crippen LogP contribution in [0.2, 0.25) is 5.02 Å². The Bertz CT molecular complexity index is 707. The summed E-state index contributed by atoms with van der Waals surface area (Å²) in [6, 6.07) is 11.7. The molecule has 0 heterocycles. The second-order valence-corrected chi connectivity index (χ2v) is 6.29. The highest BCUT2D eigenvalue weighted by atomic mass is 35.5. The van der Waals surface area contributed by atoms with Gasteiger partial charge in [0.25, 0.3) is 0 Å². The largest absolute Gasteiger partial charge is 0.496 e. The van der Waals surface area contributed by atoms with Gasteiger partial charge in [0.1, 0.15) is 11.6 Å².